The van der Waals surface area contributed by atoms with E-state index in [1.807, 2.05) is 18.2 Å². The van der Waals surface area contributed by atoms with Crippen molar-refractivity contribution in [3.8, 4) is 5.75 Å². The van der Waals surface area contributed by atoms with Crippen molar-refractivity contribution in [2.75, 3.05) is 24.3 Å². The molecule has 4 nitrogen and oxygen atoms in total. The summed E-state index contributed by atoms with van der Waals surface area (Å²) in [6.07, 6.45) is 2.30. The molecule has 0 aromatic heterocycles. The van der Waals surface area contributed by atoms with Crippen LogP contribution in [0.2, 0.25) is 0 Å². The first-order chi connectivity index (χ1) is 8.52. The molecule has 1 heterocycles. The second kappa shape index (κ2) is 5.18. The van der Waals surface area contributed by atoms with Crippen molar-refractivity contribution in [2.45, 2.75) is 19.3 Å². The third-order valence-electron chi connectivity index (χ3n) is 3.56. The number of para-hydroxylation sites is 1. The summed E-state index contributed by atoms with van der Waals surface area (Å²) in [5.74, 6) is 1.71. The molecule has 0 radical (unpaired) electrons. The second-order valence-corrected chi connectivity index (χ2v) is 7.14. The number of rotatable bonds is 3. The highest BCUT2D eigenvalue weighted by Gasteiger charge is 2.24. The van der Waals surface area contributed by atoms with Crippen LogP contribution in [0.25, 0.3) is 0 Å². The Bertz CT molecular complexity index is 511. The van der Waals surface area contributed by atoms with E-state index in [0.717, 1.165) is 24.8 Å². The lowest BCUT2D eigenvalue weighted by atomic mass is 9.93. The van der Waals surface area contributed by atoms with Crippen LogP contribution in [0.15, 0.2) is 18.2 Å². The number of benzene rings is 1. The van der Waals surface area contributed by atoms with Crippen molar-refractivity contribution in [1.29, 1.82) is 0 Å². The molecule has 1 aromatic rings. The van der Waals surface area contributed by atoms with E-state index in [1.165, 1.54) is 0 Å². The summed E-state index contributed by atoms with van der Waals surface area (Å²) in [7, 11) is -1.19. The predicted molar refractivity (Wildman–Crippen MR) is 72.5 cm³/mol. The van der Waals surface area contributed by atoms with Gasteiger partial charge in [0.2, 0.25) is 0 Å². The van der Waals surface area contributed by atoms with E-state index >= 15 is 0 Å². The minimum absolute atomic E-state index is 0.307. The molecule has 0 amide bonds. The number of hydrogen-bond donors (Lipinski definition) is 1. The topological polar surface area (TPSA) is 69.4 Å². The number of nitrogens with two attached hydrogens (primary N) is 1. The van der Waals surface area contributed by atoms with E-state index in [9.17, 15) is 8.42 Å². The lowest BCUT2D eigenvalue weighted by molar-refractivity contribution is 0.415. The summed E-state index contributed by atoms with van der Waals surface area (Å²) >= 11 is 0. The molecule has 0 saturated carbocycles. The minimum Gasteiger partial charge on any atom is -0.495 e. The summed E-state index contributed by atoms with van der Waals surface area (Å²) in [6.45, 7) is 0. The third kappa shape index (κ3) is 2.96. The Balaban J connectivity index is 2.07. The fourth-order valence-electron chi connectivity index (χ4n) is 2.40. The summed E-state index contributed by atoms with van der Waals surface area (Å²) in [6, 6.07) is 5.75. The van der Waals surface area contributed by atoms with E-state index in [2.05, 4.69) is 0 Å². The molecule has 0 atom stereocenters. The van der Waals surface area contributed by atoms with Gasteiger partial charge >= 0.3 is 0 Å². The second-order valence-electron chi connectivity index (χ2n) is 4.83. The lowest BCUT2D eigenvalue weighted by Crippen LogP contribution is -2.24. The Hall–Kier alpha value is -1.23. The van der Waals surface area contributed by atoms with Crippen LogP contribution in [0.3, 0.4) is 0 Å². The van der Waals surface area contributed by atoms with Gasteiger partial charge in [-0.05, 0) is 36.8 Å². The van der Waals surface area contributed by atoms with Gasteiger partial charge in [-0.15, -0.1) is 0 Å². The molecule has 0 aliphatic carbocycles. The standard InChI is InChI=1S/C13H19NO3S/c1-17-12-4-2-3-11(13(12)14)9-10-5-7-18(15,16)8-6-10/h2-4,10H,5-9,14H2,1H3. The maximum Gasteiger partial charge on any atom is 0.150 e. The Kier molecular flexibility index (Phi) is 3.80. The molecule has 5 heteroatoms. The van der Waals surface area contributed by atoms with Crippen LogP contribution in [0.5, 0.6) is 5.75 Å². The van der Waals surface area contributed by atoms with Crippen LogP contribution >= 0.6 is 0 Å². The number of methoxy groups -OCH3 is 1. The van der Waals surface area contributed by atoms with Crippen LogP contribution in [0.1, 0.15) is 18.4 Å². The van der Waals surface area contributed by atoms with Gasteiger partial charge in [-0.1, -0.05) is 12.1 Å². The zero-order valence-electron chi connectivity index (χ0n) is 10.6. The molecule has 100 valence electrons. The van der Waals surface area contributed by atoms with Crippen LogP contribution in [0.4, 0.5) is 5.69 Å². The van der Waals surface area contributed by atoms with E-state index < -0.39 is 9.84 Å². The van der Waals surface area contributed by atoms with Crippen molar-refractivity contribution < 1.29 is 13.2 Å². The van der Waals surface area contributed by atoms with Crippen LogP contribution in [-0.2, 0) is 16.3 Å². The van der Waals surface area contributed by atoms with Crippen molar-refractivity contribution in [1.82, 2.24) is 0 Å². The summed E-state index contributed by atoms with van der Waals surface area (Å²) in [5, 5.41) is 0. The maximum atomic E-state index is 11.4. The van der Waals surface area contributed by atoms with Crippen LogP contribution < -0.4 is 10.5 Å². The molecule has 0 bridgehead atoms. The third-order valence-corrected chi connectivity index (χ3v) is 5.27. The minimum atomic E-state index is -2.79. The molecular formula is C13H19NO3S. The van der Waals surface area contributed by atoms with Gasteiger partial charge < -0.3 is 10.5 Å². The van der Waals surface area contributed by atoms with E-state index in [4.69, 9.17) is 10.5 Å². The Morgan fingerprint density at radius 1 is 1.33 bits per heavy atom. The van der Waals surface area contributed by atoms with Gasteiger partial charge in [0.15, 0.2) is 0 Å². The largest absolute Gasteiger partial charge is 0.495 e. The lowest BCUT2D eigenvalue weighted by Gasteiger charge is -2.22. The molecule has 1 saturated heterocycles. The predicted octanol–water partition coefficient (Wildman–Crippen LogP) is 1.64. The highest BCUT2D eigenvalue weighted by molar-refractivity contribution is 7.91. The SMILES string of the molecule is COc1cccc(CC2CCS(=O)(=O)CC2)c1N. The van der Waals surface area contributed by atoms with E-state index in [-0.39, 0.29) is 0 Å². The molecule has 1 fully saturated rings. The number of sulfone groups is 1. The fraction of sp³-hybridized carbons (Fsp3) is 0.538. The molecule has 1 aliphatic heterocycles. The number of nitrogen functional groups attached to an aromatic ring is 1. The van der Waals surface area contributed by atoms with Gasteiger partial charge in [-0.25, -0.2) is 8.42 Å². The smallest absolute Gasteiger partial charge is 0.150 e. The average Bonchev–Trinajstić information content (AvgIpc) is 2.34. The molecule has 2 rings (SSSR count). The molecule has 0 unspecified atom stereocenters. The summed E-state index contributed by atoms with van der Waals surface area (Å²) < 4.78 is 27.9. The quantitative estimate of drug-likeness (QED) is 0.847. The van der Waals surface area contributed by atoms with Crippen molar-refractivity contribution in [3.63, 3.8) is 0 Å². The van der Waals surface area contributed by atoms with Gasteiger partial charge in [0, 0.05) is 0 Å². The van der Waals surface area contributed by atoms with E-state index in [0.29, 0.717) is 28.9 Å². The van der Waals surface area contributed by atoms with Crippen LogP contribution in [-0.4, -0.2) is 27.0 Å². The first-order valence-electron chi connectivity index (χ1n) is 6.13. The zero-order chi connectivity index (χ0) is 13.2. The van der Waals surface area contributed by atoms with Gasteiger partial charge in [0.05, 0.1) is 24.3 Å². The first-order valence-corrected chi connectivity index (χ1v) is 7.96. The highest BCUT2D eigenvalue weighted by atomic mass is 32.2. The molecule has 1 aliphatic rings. The maximum absolute atomic E-state index is 11.4. The van der Waals surface area contributed by atoms with Gasteiger partial charge in [0.1, 0.15) is 15.6 Å². The molecular weight excluding hydrogens is 250 g/mol. The Morgan fingerprint density at radius 2 is 2.00 bits per heavy atom. The molecule has 0 spiro atoms. The normalized spacial score (nSPS) is 19.6. The fourth-order valence-corrected chi connectivity index (χ4v) is 3.99. The van der Waals surface area contributed by atoms with Crippen LogP contribution in [0, 0.1) is 5.92 Å². The summed E-state index contributed by atoms with van der Waals surface area (Å²) in [5.41, 5.74) is 7.75. The Morgan fingerprint density at radius 3 is 2.61 bits per heavy atom. The summed E-state index contributed by atoms with van der Waals surface area (Å²) in [4.78, 5) is 0. The highest BCUT2D eigenvalue weighted by Crippen LogP contribution is 2.30. The average molecular weight is 269 g/mol. The Labute approximate surface area is 108 Å². The number of anilines is 1. The molecule has 1 aromatic carbocycles. The van der Waals surface area contributed by atoms with Gasteiger partial charge in [0.25, 0.3) is 0 Å². The first kappa shape index (κ1) is 13.2. The monoisotopic (exact) mass is 269 g/mol. The number of hydrogen-bond acceptors (Lipinski definition) is 4. The van der Waals surface area contributed by atoms with Gasteiger partial charge in [-0.3, -0.25) is 0 Å². The van der Waals surface area contributed by atoms with E-state index in [1.54, 1.807) is 7.11 Å². The van der Waals surface area contributed by atoms with Gasteiger partial charge in [-0.2, -0.15) is 0 Å². The van der Waals surface area contributed by atoms with Crippen molar-refractivity contribution in [3.05, 3.63) is 23.8 Å². The number of ether oxygens (including phenoxy) is 1. The molecule has 18 heavy (non-hydrogen) atoms. The zero-order valence-corrected chi connectivity index (χ0v) is 11.4. The molecule has 2 N–H and O–H groups in total. The van der Waals surface area contributed by atoms with Crippen molar-refractivity contribution >= 4 is 15.5 Å². The van der Waals surface area contributed by atoms with Crippen molar-refractivity contribution in [2.24, 2.45) is 5.92 Å².